The molecule has 0 aliphatic carbocycles. The van der Waals surface area contributed by atoms with Gasteiger partial charge in [-0.2, -0.15) is 0 Å². The van der Waals surface area contributed by atoms with Crippen molar-refractivity contribution in [2.45, 2.75) is 214 Å². The van der Waals surface area contributed by atoms with Crippen molar-refractivity contribution in [3.63, 3.8) is 0 Å². The second-order valence-corrected chi connectivity index (χ2v) is 36.0. The second-order valence-electron chi connectivity index (χ2n) is 18.5. The molecule has 75 heavy (non-hydrogen) atoms. The highest BCUT2D eigenvalue weighted by atomic mass is 28.4. The summed E-state index contributed by atoms with van der Waals surface area (Å²) in [7, 11) is -10.1. The Bertz CT molecular complexity index is 1220. The fourth-order valence-corrected chi connectivity index (χ4v) is 30.2. The Hall–Kier alpha value is 0.581. The van der Waals surface area contributed by atoms with E-state index >= 15 is 0 Å². The lowest BCUT2D eigenvalue weighted by molar-refractivity contribution is 0.0281. The molecule has 452 valence electrons. The van der Waals surface area contributed by atoms with E-state index < -0.39 is 52.8 Å². The molecule has 0 heterocycles. The summed E-state index contributed by atoms with van der Waals surface area (Å²) in [6.07, 6.45) is 11.2. The minimum atomic E-state index is -3.65. The molecule has 4 atom stereocenters. The third kappa shape index (κ3) is 24.5. The van der Waals surface area contributed by atoms with Gasteiger partial charge >= 0.3 is 52.8 Å². The molecule has 0 N–H and O–H groups in total. The Morgan fingerprint density at radius 1 is 0.240 bits per heavy atom. The van der Waals surface area contributed by atoms with Gasteiger partial charge in [-0.05, 0) is 119 Å². The van der Waals surface area contributed by atoms with Crippen LogP contribution in [-0.2, 0) is 79.7 Å². The van der Waals surface area contributed by atoms with Crippen molar-refractivity contribution in [3.05, 3.63) is 0 Å². The van der Waals surface area contributed by atoms with Gasteiger partial charge in [0.25, 0.3) is 0 Å². The zero-order valence-electron chi connectivity index (χ0n) is 51.2. The van der Waals surface area contributed by atoms with E-state index in [9.17, 15) is 0 Å². The lowest BCUT2D eigenvalue weighted by Crippen LogP contribution is -2.59. The average molecular weight is 1190 g/mol. The van der Waals surface area contributed by atoms with Crippen molar-refractivity contribution < 1.29 is 79.7 Å². The largest absolute Gasteiger partial charge is 0.504 e. The lowest BCUT2D eigenvalue weighted by Gasteiger charge is -2.46. The van der Waals surface area contributed by atoms with Crippen LogP contribution in [0.2, 0.25) is 34.3 Å². The summed E-state index contributed by atoms with van der Waals surface area (Å²) < 4.78 is 120. The van der Waals surface area contributed by atoms with Crippen LogP contribution in [0, 0.1) is 0 Å². The van der Waals surface area contributed by atoms with Gasteiger partial charge in [0.05, 0.1) is 0 Å². The molecule has 0 saturated heterocycles. The highest BCUT2D eigenvalue weighted by Crippen LogP contribution is 2.53. The molecule has 4 unspecified atom stereocenters. The van der Waals surface area contributed by atoms with Gasteiger partial charge < -0.3 is 79.7 Å². The zero-order valence-corrected chi connectivity index (χ0v) is 57.2. The van der Waals surface area contributed by atoms with Crippen LogP contribution in [0.1, 0.15) is 179 Å². The fraction of sp³-hybridized carbons (Fsp3) is 1.00. The van der Waals surface area contributed by atoms with Crippen LogP contribution in [0.15, 0.2) is 0 Å². The zero-order chi connectivity index (χ0) is 56.5. The van der Waals surface area contributed by atoms with E-state index in [-0.39, 0.29) is 22.2 Å². The first-order valence-corrected chi connectivity index (χ1v) is 40.3. The summed E-state index contributed by atoms with van der Waals surface area (Å²) in [4.78, 5) is 0. The first-order chi connectivity index (χ1) is 36.3. The predicted molar refractivity (Wildman–Crippen MR) is 310 cm³/mol. The van der Waals surface area contributed by atoms with Crippen LogP contribution >= 0.6 is 0 Å². The maximum Gasteiger partial charge on any atom is 0.504 e. The van der Waals surface area contributed by atoms with Crippen LogP contribution in [0.25, 0.3) is 0 Å². The molecule has 0 amide bonds. The van der Waals surface area contributed by atoms with Crippen molar-refractivity contribution in [1.29, 1.82) is 0 Å². The number of rotatable bonds is 56. The van der Waals surface area contributed by atoms with E-state index in [1.54, 1.807) is 42.7 Å². The van der Waals surface area contributed by atoms with Crippen molar-refractivity contribution in [3.8, 4) is 0 Å². The third-order valence-corrected chi connectivity index (χ3v) is 33.7. The van der Waals surface area contributed by atoms with Crippen molar-refractivity contribution >= 4 is 52.8 Å². The maximum atomic E-state index is 7.22. The lowest BCUT2D eigenvalue weighted by atomic mass is 10.0. The predicted octanol–water partition coefficient (Wildman–Crippen LogP) is 12.3. The van der Waals surface area contributed by atoms with Crippen molar-refractivity contribution in [2.75, 3.05) is 122 Å². The monoisotopic (exact) mass is 1180 g/mol. The molecule has 0 aromatic carbocycles. The summed E-state index contributed by atoms with van der Waals surface area (Å²) in [5, 5.41) is 0. The van der Waals surface area contributed by atoms with Gasteiger partial charge in [0, 0.05) is 156 Å². The standard InChI is InChI=1S/C51H116O18Si6/c1-19-40-64-74(65-41-20-2,66-42-21-3)50(48(72(55-16,56-17)57-18)36-31-33-46-70(52-13,53-14)54-15)38-35-39-51(75(67-43-22-4,68-44-23-5)69-45-24-6)49(73(61-28-10,62-29-11)63-30-12)37-32-34-47-71(58-25-7,59-26-8)60-27-9/h48-51H,19-47H2,1-18H3. The SMILES string of the molecule is CCCO[Si](OCCC)(OCCC)C(CCCC(C(CCCC[Si](OCC)(OCC)OCC)[Si](OCC)(OCC)OCC)[Si](OCCC)(OCCC)OCCC)C(CCCC[Si](OC)(OC)OC)[Si](OC)(OC)OC. The van der Waals surface area contributed by atoms with E-state index in [0.29, 0.717) is 123 Å². The van der Waals surface area contributed by atoms with Gasteiger partial charge in [0.15, 0.2) is 0 Å². The topological polar surface area (TPSA) is 166 Å². The number of hydrogen-bond acceptors (Lipinski definition) is 18. The normalized spacial score (nSPS) is 15.0. The quantitative estimate of drug-likeness (QED) is 0.0416. The van der Waals surface area contributed by atoms with Crippen LogP contribution in [0.4, 0.5) is 0 Å². The Balaban J connectivity index is 8.69. The van der Waals surface area contributed by atoms with E-state index in [0.717, 1.165) is 64.2 Å². The Morgan fingerprint density at radius 2 is 0.480 bits per heavy atom. The van der Waals surface area contributed by atoms with E-state index in [1.165, 1.54) is 0 Å². The number of hydrogen-bond donors (Lipinski definition) is 0. The Labute approximate surface area is 466 Å². The summed E-state index contributed by atoms with van der Waals surface area (Å²) >= 11 is 0. The molecule has 24 heteroatoms. The summed E-state index contributed by atoms with van der Waals surface area (Å²) in [5.74, 6) is 0. The molecule has 0 spiro atoms. The van der Waals surface area contributed by atoms with Crippen molar-refractivity contribution in [2.24, 2.45) is 0 Å². The average Bonchev–Trinajstić information content (AvgIpc) is 3.42. The molecule has 0 aliphatic rings. The van der Waals surface area contributed by atoms with Crippen molar-refractivity contribution in [1.82, 2.24) is 0 Å². The van der Waals surface area contributed by atoms with E-state index in [2.05, 4.69) is 41.5 Å². The first-order valence-electron chi connectivity index (χ1n) is 29.2. The molecular formula is C51H116O18Si6. The molecule has 0 aromatic heterocycles. The molecule has 18 nitrogen and oxygen atoms in total. The van der Waals surface area contributed by atoms with Crippen LogP contribution in [-0.4, -0.2) is 175 Å². The van der Waals surface area contributed by atoms with E-state index in [1.807, 2.05) is 41.5 Å². The molecule has 0 bridgehead atoms. The molecule has 0 rings (SSSR count). The van der Waals surface area contributed by atoms with Gasteiger partial charge in [-0.15, -0.1) is 0 Å². The minimum absolute atomic E-state index is 0.269. The Kier molecular flexibility index (Phi) is 44.5. The smallest absolute Gasteiger partial charge is 0.377 e. The molecule has 0 aromatic rings. The molecule has 0 saturated carbocycles. The summed E-state index contributed by atoms with van der Waals surface area (Å²) in [6, 6.07) is 1.32. The van der Waals surface area contributed by atoms with Crippen LogP contribution < -0.4 is 0 Å². The molecule has 0 fully saturated rings. The minimum Gasteiger partial charge on any atom is -0.377 e. The third-order valence-electron chi connectivity index (χ3n) is 13.3. The molecule has 0 radical (unpaired) electrons. The maximum absolute atomic E-state index is 7.22. The second kappa shape index (κ2) is 44.2. The van der Waals surface area contributed by atoms with Gasteiger partial charge in [-0.3, -0.25) is 0 Å². The fourth-order valence-electron chi connectivity index (χ4n) is 10.1. The number of unbranched alkanes of at least 4 members (excludes halogenated alkanes) is 2. The summed E-state index contributed by atoms with van der Waals surface area (Å²) in [6.45, 7) is 30.5. The highest BCUT2D eigenvalue weighted by Gasteiger charge is 2.64. The molecular weight excluding hydrogens is 1070 g/mol. The Morgan fingerprint density at radius 3 is 0.720 bits per heavy atom. The molecule has 0 aliphatic heterocycles. The van der Waals surface area contributed by atoms with Crippen LogP contribution in [0.3, 0.4) is 0 Å². The van der Waals surface area contributed by atoms with Gasteiger partial charge in [0.2, 0.25) is 0 Å². The summed E-state index contributed by atoms with van der Waals surface area (Å²) in [5.41, 5.74) is -1.15. The van der Waals surface area contributed by atoms with E-state index in [4.69, 9.17) is 79.7 Å². The first kappa shape index (κ1) is 75.6. The van der Waals surface area contributed by atoms with Gasteiger partial charge in [-0.25, -0.2) is 0 Å². The highest BCUT2D eigenvalue weighted by molar-refractivity contribution is 6.70. The van der Waals surface area contributed by atoms with Crippen LogP contribution in [0.5, 0.6) is 0 Å². The van der Waals surface area contributed by atoms with Gasteiger partial charge in [0.1, 0.15) is 0 Å². The van der Waals surface area contributed by atoms with Gasteiger partial charge in [-0.1, -0.05) is 60.8 Å².